The highest BCUT2D eigenvalue weighted by molar-refractivity contribution is 5.82. The van der Waals surface area contributed by atoms with Crippen LogP contribution in [0.15, 0.2) is 18.2 Å². The number of ether oxygens (including phenoxy) is 3. The van der Waals surface area contributed by atoms with E-state index in [9.17, 15) is 4.79 Å². The summed E-state index contributed by atoms with van der Waals surface area (Å²) in [6.45, 7) is 0.915. The lowest BCUT2D eigenvalue weighted by molar-refractivity contribution is -0.134. The van der Waals surface area contributed by atoms with Crippen molar-refractivity contribution in [2.45, 2.75) is 24.9 Å². The molecule has 6 nitrogen and oxygen atoms in total. The second kappa shape index (κ2) is 7.47. The summed E-state index contributed by atoms with van der Waals surface area (Å²) in [7, 11) is 4.79. The Kier molecular flexibility index (Phi) is 5.63. The highest BCUT2D eigenvalue weighted by atomic mass is 16.5. The van der Waals surface area contributed by atoms with Gasteiger partial charge in [0.2, 0.25) is 5.91 Å². The Hall–Kier alpha value is -1.79. The minimum Gasteiger partial charge on any atom is -0.497 e. The van der Waals surface area contributed by atoms with Gasteiger partial charge in [-0.05, 0) is 31.0 Å². The number of carbonyl (C=O) groups is 1. The number of benzene rings is 1. The zero-order valence-corrected chi connectivity index (χ0v) is 13.4. The van der Waals surface area contributed by atoms with E-state index in [1.54, 1.807) is 21.3 Å². The van der Waals surface area contributed by atoms with Gasteiger partial charge in [0.05, 0.1) is 26.9 Å². The van der Waals surface area contributed by atoms with Crippen LogP contribution in [-0.2, 0) is 9.53 Å². The number of nitrogens with two attached hydrogens (primary N) is 1. The Morgan fingerprint density at radius 2 is 2.14 bits per heavy atom. The van der Waals surface area contributed by atoms with Gasteiger partial charge in [-0.1, -0.05) is 0 Å². The number of hydrogen-bond donors (Lipinski definition) is 1. The maximum Gasteiger partial charge on any atom is 0.242 e. The number of nitrogens with zero attached hydrogens (tertiary/aromatic N) is 1. The van der Waals surface area contributed by atoms with Crippen LogP contribution < -0.4 is 15.2 Å². The molecular weight excluding hydrogens is 284 g/mol. The van der Waals surface area contributed by atoms with Gasteiger partial charge < -0.3 is 24.8 Å². The summed E-state index contributed by atoms with van der Waals surface area (Å²) in [5.41, 5.74) is 6.86. The molecule has 0 saturated carbocycles. The van der Waals surface area contributed by atoms with Gasteiger partial charge in [-0.15, -0.1) is 0 Å². The van der Waals surface area contributed by atoms with Crippen molar-refractivity contribution >= 4 is 5.91 Å². The van der Waals surface area contributed by atoms with Gasteiger partial charge in [0.1, 0.15) is 17.5 Å². The standard InChI is InChI=1S/C16H24N2O4/c1-20-10-13(17)16(19)18-8-4-5-14(18)12-9-11(21-2)6-7-15(12)22-3/h6-7,9,13-14H,4-5,8,10,17H2,1-3H3. The number of methoxy groups -OCH3 is 3. The van der Waals surface area contributed by atoms with E-state index in [0.29, 0.717) is 6.54 Å². The van der Waals surface area contributed by atoms with Gasteiger partial charge in [0.15, 0.2) is 0 Å². The smallest absolute Gasteiger partial charge is 0.242 e. The predicted octanol–water partition coefficient (Wildman–Crippen LogP) is 1.34. The van der Waals surface area contributed by atoms with Gasteiger partial charge in [0.25, 0.3) is 0 Å². The van der Waals surface area contributed by atoms with Gasteiger partial charge in [-0.3, -0.25) is 4.79 Å². The number of likely N-dealkylation sites (tertiary alicyclic amines) is 1. The zero-order valence-electron chi connectivity index (χ0n) is 13.4. The Morgan fingerprint density at radius 1 is 1.36 bits per heavy atom. The summed E-state index contributed by atoms with van der Waals surface area (Å²) in [4.78, 5) is 14.3. The van der Waals surface area contributed by atoms with Crippen LogP contribution in [0.1, 0.15) is 24.4 Å². The van der Waals surface area contributed by atoms with Crippen molar-refractivity contribution in [2.75, 3.05) is 34.5 Å². The molecule has 2 atom stereocenters. The van der Waals surface area contributed by atoms with Crippen molar-refractivity contribution in [1.82, 2.24) is 4.90 Å². The van der Waals surface area contributed by atoms with E-state index in [1.165, 1.54) is 0 Å². The first-order valence-corrected chi connectivity index (χ1v) is 7.39. The number of amides is 1. The lowest BCUT2D eigenvalue weighted by Crippen LogP contribution is -2.45. The van der Waals surface area contributed by atoms with E-state index in [2.05, 4.69) is 0 Å². The van der Waals surface area contributed by atoms with Crippen LogP contribution in [0.3, 0.4) is 0 Å². The molecule has 1 amide bonds. The second-order valence-corrected chi connectivity index (χ2v) is 5.36. The highest BCUT2D eigenvalue weighted by Crippen LogP contribution is 2.39. The fourth-order valence-corrected chi connectivity index (χ4v) is 2.92. The van der Waals surface area contributed by atoms with Crippen LogP contribution >= 0.6 is 0 Å². The first-order chi connectivity index (χ1) is 10.6. The number of rotatable bonds is 6. The molecule has 122 valence electrons. The molecule has 2 rings (SSSR count). The third-order valence-electron chi connectivity index (χ3n) is 4.00. The summed E-state index contributed by atoms with van der Waals surface area (Å²) in [5.74, 6) is 1.41. The van der Waals surface area contributed by atoms with Crippen molar-refractivity contribution in [3.63, 3.8) is 0 Å². The maximum absolute atomic E-state index is 12.5. The van der Waals surface area contributed by atoms with Crippen LogP contribution in [0.2, 0.25) is 0 Å². The van der Waals surface area contributed by atoms with Crippen LogP contribution in [0.25, 0.3) is 0 Å². The van der Waals surface area contributed by atoms with Gasteiger partial charge in [0, 0.05) is 19.2 Å². The van der Waals surface area contributed by atoms with Crippen molar-refractivity contribution < 1.29 is 19.0 Å². The summed E-state index contributed by atoms with van der Waals surface area (Å²) < 4.78 is 15.7. The second-order valence-electron chi connectivity index (χ2n) is 5.36. The summed E-state index contributed by atoms with van der Waals surface area (Å²) >= 11 is 0. The van der Waals surface area contributed by atoms with E-state index in [-0.39, 0.29) is 18.6 Å². The summed E-state index contributed by atoms with van der Waals surface area (Å²) in [6, 6.07) is 4.96. The molecule has 1 aromatic carbocycles. The van der Waals surface area contributed by atoms with E-state index in [0.717, 1.165) is 29.9 Å². The Balaban J connectivity index is 2.28. The molecule has 1 aliphatic heterocycles. The molecular formula is C16H24N2O4. The summed E-state index contributed by atoms with van der Waals surface area (Å²) in [6.07, 6.45) is 1.82. The molecule has 6 heteroatoms. The van der Waals surface area contributed by atoms with Crippen LogP contribution in [0, 0.1) is 0 Å². The molecule has 0 bridgehead atoms. The Labute approximate surface area is 131 Å². The van der Waals surface area contributed by atoms with Gasteiger partial charge >= 0.3 is 0 Å². The van der Waals surface area contributed by atoms with Crippen molar-refractivity contribution in [3.8, 4) is 11.5 Å². The lowest BCUT2D eigenvalue weighted by atomic mass is 10.0. The molecule has 1 heterocycles. The minimum atomic E-state index is -0.637. The third-order valence-corrected chi connectivity index (χ3v) is 4.00. The quantitative estimate of drug-likeness (QED) is 0.858. The van der Waals surface area contributed by atoms with Crippen molar-refractivity contribution in [3.05, 3.63) is 23.8 Å². The monoisotopic (exact) mass is 308 g/mol. The molecule has 22 heavy (non-hydrogen) atoms. The molecule has 2 unspecified atom stereocenters. The summed E-state index contributed by atoms with van der Waals surface area (Å²) in [5, 5.41) is 0. The largest absolute Gasteiger partial charge is 0.497 e. The molecule has 1 aromatic rings. The fourth-order valence-electron chi connectivity index (χ4n) is 2.92. The molecule has 1 saturated heterocycles. The van der Waals surface area contributed by atoms with Crippen LogP contribution in [0.5, 0.6) is 11.5 Å². The van der Waals surface area contributed by atoms with E-state index in [4.69, 9.17) is 19.9 Å². The number of carbonyl (C=O) groups excluding carboxylic acids is 1. The minimum absolute atomic E-state index is 0.0412. The molecule has 0 radical (unpaired) electrons. The third kappa shape index (κ3) is 3.34. The van der Waals surface area contributed by atoms with Crippen LogP contribution in [0.4, 0.5) is 0 Å². The van der Waals surface area contributed by atoms with E-state index < -0.39 is 6.04 Å². The number of hydrogen-bond acceptors (Lipinski definition) is 5. The molecule has 0 spiro atoms. The lowest BCUT2D eigenvalue weighted by Gasteiger charge is -2.28. The van der Waals surface area contributed by atoms with Gasteiger partial charge in [-0.2, -0.15) is 0 Å². The fraction of sp³-hybridized carbons (Fsp3) is 0.562. The molecule has 2 N–H and O–H groups in total. The van der Waals surface area contributed by atoms with Crippen molar-refractivity contribution in [2.24, 2.45) is 5.73 Å². The predicted molar refractivity (Wildman–Crippen MR) is 83.1 cm³/mol. The van der Waals surface area contributed by atoms with E-state index >= 15 is 0 Å². The zero-order chi connectivity index (χ0) is 16.1. The normalized spacial score (nSPS) is 19.1. The Morgan fingerprint density at radius 3 is 2.77 bits per heavy atom. The molecule has 0 aromatic heterocycles. The maximum atomic E-state index is 12.5. The Bertz CT molecular complexity index is 521. The molecule has 1 fully saturated rings. The van der Waals surface area contributed by atoms with Crippen LogP contribution in [-0.4, -0.2) is 51.3 Å². The van der Waals surface area contributed by atoms with Gasteiger partial charge in [-0.25, -0.2) is 0 Å². The topological polar surface area (TPSA) is 74.0 Å². The molecule has 0 aliphatic carbocycles. The average molecular weight is 308 g/mol. The SMILES string of the molecule is COCC(N)C(=O)N1CCCC1c1cc(OC)ccc1OC. The average Bonchev–Trinajstić information content (AvgIpc) is 3.03. The van der Waals surface area contributed by atoms with Crippen molar-refractivity contribution in [1.29, 1.82) is 0 Å². The highest BCUT2D eigenvalue weighted by Gasteiger charge is 2.34. The first kappa shape index (κ1) is 16.6. The molecule has 1 aliphatic rings. The first-order valence-electron chi connectivity index (χ1n) is 7.39. The van der Waals surface area contributed by atoms with E-state index in [1.807, 2.05) is 23.1 Å².